The SMILES string of the molecule is CCN(CC)CCC(=O)NCCOc1cc2ncnc(Nc3ccc(Br)c(F)c3F)c2cc1N. The molecule has 0 saturated heterocycles. The highest BCUT2D eigenvalue weighted by Gasteiger charge is 2.15. The first-order valence-corrected chi connectivity index (χ1v) is 11.7. The van der Waals surface area contributed by atoms with Crippen LogP contribution >= 0.6 is 15.9 Å². The van der Waals surface area contributed by atoms with E-state index in [1.807, 2.05) is 0 Å². The number of carbonyl (C=O) groups is 1. The molecule has 11 heteroatoms. The van der Waals surface area contributed by atoms with Gasteiger partial charge in [-0.1, -0.05) is 13.8 Å². The molecule has 3 rings (SSSR count). The average molecular weight is 537 g/mol. The molecule has 0 spiro atoms. The van der Waals surface area contributed by atoms with Gasteiger partial charge < -0.3 is 26.0 Å². The highest BCUT2D eigenvalue weighted by Crippen LogP contribution is 2.33. The van der Waals surface area contributed by atoms with Gasteiger partial charge in [-0.2, -0.15) is 0 Å². The zero-order chi connectivity index (χ0) is 24.7. The maximum absolute atomic E-state index is 14.3. The lowest BCUT2D eigenvalue weighted by molar-refractivity contribution is -0.121. The van der Waals surface area contributed by atoms with Gasteiger partial charge in [-0.05, 0) is 47.2 Å². The fraction of sp³-hybridized carbons (Fsp3) is 0.348. The number of amides is 1. The molecule has 0 atom stereocenters. The Morgan fingerprint density at radius 3 is 2.68 bits per heavy atom. The van der Waals surface area contributed by atoms with Crippen molar-refractivity contribution in [3.05, 3.63) is 46.7 Å². The quantitative estimate of drug-likeness (QED) is 0.191. The molecule has 0 saturated carbocycles. The third kappa shape index (κ3) is 6.29. The molecule has 4 N–H and O–H groups in total. The smallest absolute Gasteiger partial charge is 0.221 e. The van der Waals surface area contributed by atoms with E-state index < -0.39 is 11.6 Å². The molecular weight excluding hydrogens is 510 g/mol. The number of fused-ring (bicyclic) bond motifs is 1. The summed E-state index contributed by atoms with van der Waals surface area (Å²) in [4.78, 5) is 22.5. The Hall–Kier alpha value is -3.05. The normalized spacial score (nSPS) is 11.1. The van der Waals surface area contributed by atoms with Gasteiger partial charge in [0.05, 0.1) is 27.9 Å². The fourth-order valence-electron chi connectivity index (χ4n) is 3.31. The first-order valence-electron chi connectivity index (χ1n) is 10.9. The molecule has 0 unspecified atom stereocenters. The Balaban J connectivity index is 1.64. The number of hydrogen-bond donors (Lipinski definition) is 3. The molecule has 182 valence electrons. The van der Waals surface area contributed by atoms with Gasteiger partial charge in [-0.3, -0.25) is 4.79 Å². The van der Waals surface area contributed by atoms with Crippen LogP contribution in [0.4, 0.5) is 26.0 Å². The summed E-state index contributed by atoms with van der Waals surface area (Å²) in [6.45, 7) is 7.21. The molecular formula is C23H27BrF2N6O2. The second kappa shape index (κ2) is 11.9. The van der Waals surface area contributed by atoms with Crippen LogP contribution in [0.5, 0.6) is 5.75 Å². The number of rotatable bonds is 11. The molecule has 1 aromatic heterocycles. The maximum Gasteiger partial charge on any atom is 0.221 e. The molecule has 34 heavy (non-hydrogen) atoms. The summed E-state index contributed by atoms with van der Waals surface area (Å²) in [5.74, 6) is -1.41. The molecule has 1 amide bonds. The van der Waals surface area contributed by atoms with Crippen LogP contribution in [-0.4, -0.2) is 53.6 Å². The van der Waals surface area contributed by atoms with E-state index in [0.717, 1.165) is 13.1 Å². The van der Waals surface area contributed by atoms with E-state index in [1.165, 1.54) is 18.5 Å². The van der Waals surface area contributed by atoms with E-state index in [4.69, 9.17) is 10.5 Å². The Kier molecular flexibility index (Phi) is 8.94. The predicted octanol–water partition coefficient (Wildman–Crippen LogP) is 4.22. The summed E-state index contributed by atoms with van der Waals surface area (Å²) in [5, 5.41) is 6.13. The number of hydrogen-bond acceptors (Lipinski definition) is 7. The van der Waals surface area contributed by atoms with Gasteiger partial charge in [-0.15, -0.1) is 0 Å². The zero-order valence-corrected chi connectivity index (χ0v) is 20.6. The van der Waals surface area contributed by atoms with Crippen LogP contribution in [0, 0.1) is 11.6 Å². The lowest BCUT2D eigenvalue weighted by Crippen LogP contribution is -2.32. The number of nitrogens with one attached hydrogen (secondary N) is 2. The highest BCUT2D eigenvalue weighted by atomic mass is 79.9. The van der Waals surface area contributed by atoms with Crippen molar-refractivity contribution in [2.75, 3.05) is 43.8 Å². The number of aromatic nitrogens is 2. The Morgan fingerprint density at radius 1 is 1.18 bits per heavy atom. The molecule has 0 radical (unpaired) electrons. The third-order valence-electron chi connectivity index (χ3n) is 5.29. The van der Waals surface area contributed by atoms with Crippen LogP contribution in [-0.2, 0) is 4.79 Å². The number of benzene rings is 2. The van der Waals surface area contributed by atoms with Crippen LogP contribution in [0.2, 0.25) is 0 Å². The minimum atomic E-state index is -1.03. The molecule has 0 fully saturated rings. The molecule has 0 aliphatic carbocycles. The van der Waals surface area contributed by atoms with Gasteiger partial charge in [-0.25, -0.2) is 18.7 Å². The van der Waals surface area contributed by atoms with Crippen molar-refractivity contribution in [2.45, 2.75) is 20.3 Å². The predicted molar refractivity (Wildman–Crippen MR) is 132 cm³/mol. The Labute approximate surface area is 205 Å². The Bertz CT molecular complexity index is 1160. The van der Waals surface area contributed by atoms with Crippen LogP contribution in [0.25, 0.3) is 10.9 Å². The minimum Gasteiger partial charge on any atom is -0.490 e. The summed E-state index contributed by atoms with van der Waals surface area (Å²) in [5.41, 5.74) is 6.88. The van der Waals surface area contributed by atoms with Crippen LogP contribution in [0.15, 0.2) is 35.1 Å². The van der Waals surface area contributed by atoms with E-state index in [1.54, 1.807) is 12.1 Å². The summed E-state index contributed by atoms with van der Waals surface area (Å²) in [6.07, 6.45) is 1.73. The largest absolute Gasteiger partial charge is 0.490 e. The van der Waals surface area contributed by atoms with E-state index in [2.05, 4.69) is 55.3 Å². The molecule has 0 bridgehead atoms. The molecule has 2 aromatic carbocycles. The number of nitrogen functional groups attached to an aromatic ring is 1. The standard InChI is InChI=1S/C23H27BrF2N6O2/c1-3-32(4-2)9-7-20(33)28-8-10-34-19-12-18-14(11-16(19)27)23(30-13-29-18)31-17-6-5-15(24)21(25)22(17)26/h5-6,11-13H,3-4,7-10,27H2,1-2H3,(H,28,33)(H,29,30,31). The monoisotopic (exact) mass is 536 g/mol. The summed E-state index contributed by atoms with van der Waals surface area (Å²) in [6, 6.07) is 6.03. The maximum atomic E-state index is 14.3. The summed E-state index contributed by atoms with van der Waals surface area (Å²) < 4.78 is 33.9. The third-order valence-corrected chi connectivity index (χ3v) is 5.90. The first-order chi connectivity index (χ1) is 16.3. The van der Waals surface area contributed by atoms with Gasteiger partial charge in [0, 0.05) is 24.4 Å². The molecule has 8 nitrogen and oxygen atoms in total. The van der Waals surface area contributed by atoms with Gasteiger partial charge in [0.25, 0.3) is 0 Å². The second-order valence-corrected chi connectivity index (χ2v) is 8.31. The number of anilines is 3. The average Bonchev–Trinajstić information content (AvgIpc) is 2.83. The van der Waals surface area contributed by atoms with E-state index >= 15 is 0 Å². The van der Waals surface area contributed by atoms with E-state index in [9.17, 15) is 13.6 Å². The van der Waals surface area contributed by atoms with Crippen molar-refractivity contribution < 1.29 is 18.3 Å². The zero-order valence-electron chi connectivity index (χ0n) is 19.0. The van der Waals surface area contributed by atoms with Crippen molar-refractivity contribution >= 4 is 49.9 Å². The number of nitrogens with two attached hydrogens (primary N) is 1. The van der Waals surface area contributed by atoms with Crippen LogP contribution in [0.1, 0.15) is 20.3 Å². The van der Waals surface area contributed by atoms with Crippen molar-refractivity contribution in [1.82, 2.24) is 20.2 Å². The van der Waals surface area contributed by atoms with Crippen molar-refractivity contribution in [2.24, 2.45) is 0 Å². The number of nitrogens with zero attached hydrogens (tertiary/aromatic N) is 3. The summed E-state index contributed by atoms with van der Waals surface area (Å²) >= 11 is 2.95. The topological polar surface area (TPSA) is 105 Å². The molecule has 3 aromatic rings. The lowest BCUT2D eigenvalue weighted by Gasteiger charge is -2.17. The highest BCUT2D eigenvalue weighted by molar-refractivity contribution is 9.10. The van der Waals surface area contributed by atoms with E-state index in [0.29, 0.717) is 41.9 Å². The second-order valence-electron chi connectivity index (χ2n) is 7.45. The minimum absolute atomic E-state index is 0.0224. The molecule has 0 aliphatic heterocycles. The Morgan fingerprint density at radius 2 is 1.94 bits per heavy atom. The number of halogens is 3. The lowest BCUT2D eigenvalue weighted by atomic mass is 10.2. The van der Waals surface area contributed by atoms with Crippen molar-refractivity contribution in [3.8, 4) is 5.75 Å². The van der Waals surface area contributed by atoms with Crippen LogP contribution < -0.4 is 21.1 Å². The fourth-order valence-corrected chi connectivity index (χ4v) is 3.62. The number of carbonyl (C=O) groups excluding carboxylic acids is 1. The van der Waals surface area contributed by atoms with Crippen molar-refractivity contribution in [3.63, 3.8) is 0 Å². The van der Waals surface area contributed by atoms with E-state index in [-0.39, 0.29) is 28.5 Å². The number of ether oxygens (including phenoxy) is 1. The first kappa shape index (κ1) is 25.6. The molecule has 0 aliphatic rings. The van der Waals surface area contributed by atoms with Gasteiger partial charge >= 0.3 is 0 Å². The van der Waals surface area contributed by atoms with Gasteiger partial charge in [0.15, 0.2) is 11.6 Å². The summed E-state index contributed by atoms with van der Waals surface area (Å²) in [7, 11) is 0. The van der Waals surface area contributed by atoms with Gasteiger partial charge in [0.1, 0.15) is 24.5 Å². The van der Waals surface area contributed by atoms with Crippen LogP contribution in [0.3, 0.4) is 0 Å². The van der Waals surface area contributed by atoms with Gasteiger partial charge in [0.2, 0.25) is 5.91 Å². The van der Waals surface area contributed by atoms with Crippen molar-refractivity contribution in [1.29, 1.82) is 0 Å². The molecule has 1 heterocycles.